The predicted octanol–water partition coefficient (Wildman–Crippen LogP) is 1.93. The fourth-order valence-electron chi connectivity index (χ4n) is 2.21. The molecule has 2 aromatic rings. The summed E-state index contributed by atoms with van der Waals surface area (Å²) in [5.74, 6) is -2.62. The second-order valence-corrected chi connectivity index (χ2v) is 7.71. The molecule has 152 valence electrons. The molecule has 0 aliphatic rings. The largest absolute Gasteiger partial charge is 0.451 e. The SMILES string of the molecule is C[C@H](OC(=O)[C@@H](C)NS(=O)(=O)c1ccccc1F)C(=O)Nc1ccc(C#N)cc1. The van der Waals surface area contributed by atoms with Crippen LogP contribution in [0.3, 0.4) is 0 Å². The molecule has 2 atom stereocenters. The molecule has 0 saturated carbocycles. The third-order valence-corrected chi connectivity index (χ3v) is 5.33. The second-order valence-electron chi connectivity index (χ2n) is 6.03. The highest BCUT2D eigenvalue weighted by Gasteiger charge is 2.27. The molecule has 2 aromatic carbocycles. The van der Waals surface area contributed by atoms with E-state index in [4.69, 9.17) is 10.00 Å². The van der Waals surface area contributed by atoms with Crippen LogP contribution in [0.1, 0.15) is 19.4 Å². The van der Waals surface area contributed by atoms with E-state index in [0.29, 0.717) is 11.3 Å². The Hall–Kier alpha value is -3.29. The van der Waals surface area contributed by atoms with Gasteiger partial charge >= 0.3 is 5.97 Å². The first-order chi connectivity index (χ1) is 13.6. The third-order valence-electron chi connectivity index (χ3n) is 3.76. The lowest BCUT2D eigenvalue weighted by Gasteiger charge is -2.18. The molecular formula is C19H18FN3O5S. The molecule has 10 heteroatoms. The summed E-state index contributed by atoms with van der Waals surface area (Å²) < 4.78 is 45.1. The summed E-state index contributed by atoms with van der Waals surface area (Å²) in [5.41, 5.74) is 0.809. The van der Waals surface area contributed by atoms with Gasteiger partial charge in [0, 0.05) is 5.69 Å². The van der Waals surface area contributed by atoms with E-state index in [9.17, 15) is 22.4 Å². The summed E-state index contributed by atoms with van der Waals surface area (Å²) in [4.78, 5) is 23.7. The zero-order chi connectivity index (χ0) is 21.6. The summed E-state index contributed by atoms with van der Waals surface area (Å²) in [5, 5.41) is 11.3. The number of nitrogens with one attached hydrogen (secondary N) is 2. The first kappa shape index (κ1) is 22.0. The molecular weight excluding hydrogens is 401 g/mol. The van der Waals surface area contributed by atoms with Gasteiger partial charge in [0.25, 0.3) is 5.91 Å². The Balaban J connectivity index is 1.96. The molecule has 2 N–H and O–H groups in total. The third kappa shape index (κ3) is 5.84. The lowest BCUT2D eigenvalue weighted by Crippen LogP contribution is -2.42. The number of amides is 1. The average Bonchev–Trinajstić information content (AvgIpc) is 2.68. The molecule has 1 amide bonds. The molecule has 0 spiro atoms. The number of nitriles is 1. The van der Waals surface area contributed by atoms with E-state index < -0.39 is 44.8 Å². The Morgan fingerprint density at radius 3 is 2.31 bits per heavy atom. The van der Waals surface area contributed by atoms with Gasteiger partial charge in [0.2, 0.25) is 10.0 Å². The number of hydrogen-bond donors (Lipinski definition) is 2. The van der Waals surface area contributed by atoms with Crippen molar-refractivity contribution >= 4 is 27.6 Å². The van der Waals surface area contributed by atoms with Crippen molar-refractivity contribution in [1.29, 1.82) is 5.26 Å². The fraction of sp³-hybridized carbons (Fsp3) is 0.211. The van der Waals surface area contributed by atoms with Crippen LogP contribution in [0.5, 0.6) is 0 Å². The van der Waals surface area contributed by atoms with Crippen LogP contribution in [0, 0.1) is 17.1 Å². The van der Waals surface area contributed by atoms with Crippen LogP contribution in [0.25, 0.3) is 0 Å². The van der Waals surface area contributed by atoms with Crippen molar-refractivity contribution < 1.29 is 27.1 Å². The first-order valence-corrected chi connectivity index (χ1v) is 9.90. The number of halogens is 1. The van der Waals surface area contributed by atoms with E-state index in [2.05, 4.69) is 5.32 Å². The zero-order valence-electron chi connectivity index (χ0n) is 15.5. The normalized spacial score (nSPS) is 13.0. The molecule has 8 nitrogen and oxygen atoms in total. The summed E-state index contributed by atoms with van der Waals surface area (Å²) in [6, 6.07) is 11.3. The number of carbonyl (C=O) groups excluding carboxylic acids is 2. The minimum Gasteiger partial charge on any atom is -0.451 e. The number of nitrogens with zero attached hydrogens (tertiary/aromatic N) is 1. The molecule has 0 aliphatic heterocycles. The van der Waals surface area contributed by atoms with Crippen molar-refractivity contribution in [2.24, 2.45) is 0 Å². The van der Waals surface area contributed by atoms with Gasteiger partial charge in [-0.25, -0.2) is 12.8 Å². The van der Waals surface area contributed by atoms with Crippen molar-refractivity contribution in [1.82, 2.24) is 4.72 Å². The van der Waals surface area contributed by atoms with Crippen molar-refractivity contribution in [3.63, 3.8) is 0 Å². The molecule has 0 saturated heterocycles. The number of benzene rings is 2. The predicted molar refractivity (Wildman–Crippen MR) is 102 cm³/mol. The Bertz CT molecular complexity index is 1050. The van der Waals surface area contributed by atoms with Gasteiger partial charge in [0.15, 0.2) is 6.10 Å². The second kappa shape index (κ2) is 9.27. The smallest absolute Gasteiger partial charge is 0.324 e. The Labute approximate surface area is 167 Å². The van der Waals surface area contributed by atoms with Crippen molar-refractivity contribution in [3.05, 3.63) is 59.9 Å². The van der Waals surface area contributed by atoms with Crippen LogP contribution >= 0.6 is 0 Å². The van der Waals surface area contributed by atoms with Gasteiger partial charge in [-0.3, -0.25) is 9.59 Å². The molecule has 0 radical (unpaired) electrons. The van der Waals surface area contributed by atoms with Gasteiger partial charge in [-0.15, -0.1) is 0 Å². The molecule has 0 fully saturated rings. The summed E-state index contributed by atoms with van der Waals surface area (Å²) in [6.45, 7) is 2.53. The quantitative estimate of drug-likeness (QED) is 0.661. The number of carbonyl (C=O) groups is 2. The van der Waals surface area contributed by atoms with E-state index >= 15 is 0 Å². The van der Waals surface area contributed by atoms with Crippen LogP contribution in [0.15, 0.2) is 53.4 Å². The van der Waals surface area contributed by atoms with E-state index in [1.807, 2.05) is 10.8 Å². The topological polar surface area (TPSA) is 125 Å². The van der Waals surface area contributed by atoms with E-state index in [-0.39, 0.29) is 0 Å². The van der Waals surface area contributed by atoms with Gasteiger partial charge in [-0.2, -0.15) is 9.98 Å². The average molecular weight is 419 g/mol. The van der Waals surface area contributed by atoms with Gasteiger partial charge in [-0.05, 0) is 50.2 Å². The number of esters is 1. The number of rotatable bonds is 7. The zero-order valence-corrected chi connectivity index (χ0v) is 16.4. The van der Waals surface area contributed by atoms with Crippen LogP contribution < -0.4 is 10.0 Å². The number of sulfonamides is 1. The molecule has 2 rings (SSSR count). The highest BCUT2D eigenvalue weighted by Crippen LogP contribution is 2.14. The van der Waals surface area contributed by atoms with E-state index in [1.165, 1.54) is 50.2 Å². The lowest BCUT2D eigenvalue weighted by atomic mass is 10.2. The van der Waals surface area contributed by atoms with Crippen LogP contribution in [0.4, 0.5) is 10.1 Å². The van der Waals surface area contributed by atoms with Crippen molar-refractivity contribution in [2.45, 2.75) is 30.9 Å². The summed E-state index contributed by atoms with van der Waals surface area (Å²) in [6.07, 6.45) is -1.22. The molecule has 0 unspecified atom stereocenters. The van der Waals surface area contributed by atoms with Gasteiger partial charge in [0.1, 0.15) is 16.8 Å². The van der Waals surface area contributed by atoms with Gasteiger partial charge < -0.3 is 10.1 Å². The minimum absolute atomic E-state index is 0.394. The fourth-order valence-corrected chi connectivity index (χ4v) is 3.48. The maximum absolute atomic E-state index is 13.7. The molecule has 0 bridgehead atoms. The minimum atomic E-state index is -4.30. The summed E-state index contributed by atoms with van der Waals surface area (Å²) >= 11 is 0. The van der Waals surface area contributed by atoms with E-state index in [1.54, 1.807) is 0 Å². The summed E-state index contributed by atoms with van der Waals surface area (Å²) in [7, 11) is -4.30. The maximum atomic E-state index is 13.7. The maximum Gasteiger partial charge on any atom is 0.324 e. The monoisotopic (exact) mass is 419 g/mol. The molecule has 0 heterocycles. The highest BCUT2D eigenvalue weighted by atomic mass is 32.2. The Morgan fingerprint density at radius 1 is 1.10 bits per heavy atom. The Kier molecular flexibility index (Phi) is 7.03. The van der Waals surface area contributed by atoms with Gasteiger partial charge in [0.05, 0.1) is 11.6 Å². The van der Waals surface area contributed by atoms with Gasteiger partial charge in [-0.1, -0.05) is 12.1 Å². The number of ether oxygens (including phenoxy) is 1. The number of hydrogen-bond acceptors (Lipinski definition) is 6. The van der Waals surface area contributed by atoms with Crippen LogP contribution in [0.2, 0.25) is 0 Å². The first-order valence-electron chi connectivity index (χ1n) is 8.42. The standard InChI is InChI=1S/C19H18FN3O5S/c1-12(23-29(26,27)17-6-4-3-5-16(17)20)19(25)28-13(2)18(24)22-15-9-7-14(11-21)8-10-15/h3-10,12-13,23H,1-2H3,(H,22,24)/t12-,13+/m1/s1. The van der Waals surface area contributed by atoms with E-state index in [0.717, 1.165) is 12.1 Å². The molecule has 0 aliphatic carbocycles. The molecule has 29 heavy (non-hydrogen) atoms. The van der Waals surface area contributed by atoms with Crippen molar-refractivity contribution in [2.75, 3.05) is 5.32 Å². The van der Waals surface area contributed by atoms with Crippen molar-refractivity contribution in [3.8, 4) is 6.07 Å². The lowest BCUT2D eigenvalue weighted by molar-refractivity contribution is -0.154. The Morgan fingerprint density at radius 2 is 1.72 bits per heavy atom. The number of anilines is 1. The highest BCUT2D eigenvalue weighted by molar-refractivity contribution is 7.89. The van der Waals surface area contributed by atoms with Crippen LogP contribution in [-0.4, -0.2) is 32.4 Å². The van der Waals surface area contributed by atoms with Crippen LogP contribution in [-0.2, 0) is 24.3 Å². The molecule has 0 aromatic heterocycles.